The van der Waals surface area contributed by atoms with Crippen LogP contribution in [0, 0.1) is 6.92 Å². The fourth-order valence-electron chi connectivity index (χ4n) is 1.15. The molecule has 1 heterocycles. The molecule has 1 aromatic carbocycles. The van der Waals surface area contributed by atoms with Crippen LogP contribution in [0.4, 0.5) is 0 Å². The van der Waals surface area contributed by atoms with Gasteiger partial charge in [0, 0.05) is 10.6 Å². The molecule has 1 N–H and O–H groups in total. The lowest BCUT2D eigenvalue weighted by Crippen LogP contribution is -1.72. The standard InChI is InChI=1S/C11H11NS/c1-9-7-8-11(12-9)13-10-5-3-2-4-6-10/h2-8,12H,1H3. The van der Waals surface area contributed by atoms with Crippen molar-refractivity contribution in [2.24, 2.45) is 0 Å². The van der Waals surface area contributed by atoms with Gasteiger partial charge in [0.05, 0.1) is 5.03 Å². The van der Waals surface area contributed by atoms with Crippen LogP contribution in [0.5, 0.6) is 0 Å². The third-order valence-electron chi connectivity index (χ3n) is 1.78. The van der Waals surface area contributed by atoms with Gasteiger partial charge in [0.25, 0.3) is 0 Å². The molecule has 0 radical (unpaired) electrons. The van der Waals surface area contributed by atoms with E-state index in [-0.39, 0.29) is 0 Å². The van der Waals surface area contributed by atoms with E-state index in [4.69, 9.17) is 0 Å². The Hall–Kier alpha value is -1.15. The third kappa shape index (κ3) is 2.16. The van der Waals surface area contributed by atoms with E-state index in [2.05, 4.69) is 48.3 Å². The Balaban J connectivity index is 2.15. The first-order valence-corrected chi connectivity index (χ1v) is 5.05. The van der Waals surface area contributed by atoms with Crippen LogP contribution < -0.4 is 0 Å². The molecule has 0 aliphatic rings. The highest BCUT2D eigenvalue weighted by Gasteiger charge is 1.97. The topological polar surface area (TPSA) is 15.8 Å². The molecule has 1 nitrogen and oxygen atoms in total. The van der Waals surface area contributed by atoms with E-state index >= 15 is 0 Å². The summed E-state index contributed by atoms with van der Waals surface area (Å²) < 4.78 is 0. The van der Waals surface area contributed by atoms with E-state index < -0.39 is 0 Å². The Morgan fingerprint density at radius 2 is 1.77 bits per heavy atom. The smallest absolute Gasteiger partial charge is 0.0772 e. The Morgan fingerprint density at radius 3 is 2.38 bits per heavy atom. The molecule has 0 spiro atoms. The second kappa shape index (κ2) is 3.71. The van der Waals surface area contributed by atoms with Gasteiger partial charge in [-0.05, 0) is 31.2 Å². The second-order valence-corrected chi connectivity index (χ2v) is 4.04. The predicted octanol–water partition coefficient (Wildman–Crippen LogP) is 3.47. The highest BCUT2D eigenvalue weighted by Crippen LogP contribution is 2.25. The average molecular weight is 189 g/mol. The van der Waals surface area contributed by atoms with Crippen molar-refractivity contribution in [3.05, 3.63) is 48.2 Å². The lowest BCUT2D eigenvalue weighted by Gasteiger charge is -1.96. The molecule has 1 aromatic heterocycles. The molecule has 0 fully saturated rings. The van der Waals surface area contributed by atoms with E-state index in [1.54, 1.807) is 11.8 Å². The zero-order valence-electron chi connectivity index (χ0n) is 7.45. The molecule has 2 heteroatoms. The van der Waals surface area contributed by atoms with Gasteiger partial charge in [-0.25, -0.2) is 0 Å². The number of H-pyrrole nitrogens is 1. The van der Waals surface area contributed by atoms with E-state index in [1.165, 1.54) is 15.6 Å². The maximum atomic E-state index is 3.29. The number of hydrogen-bond acceptors (Lipinski definition) is 1. The van der Waals surface area contributed by atoms with Gasteiger partial charge < -0.3 is 4.98 Å². The molecule has 0 aliphatic carbocycles. The fourth-order valence-corrected chi connectivity index (χ4v) is 2.05. The van der Waals surface area contributed by atoms with Crippen molar-refractivity contribution in [3.8, 4) is 0 Å². The van der Waals surface area contributed by atoms with E-state index in [0.717, 1.165) is 0 Å². The van der Waals surface area contributed by atoms with Crippen LogP contribution in [0.1, 0.15) is 5.69 Å². The average Bonchev–Trinajstić information content (AvgIpc) is 2.53. The molecule has 0 atom stereocenters. The number of hydrogen-bond donors (Lipinski definition) is 1. The van der Waals surface area contributed by atoms with Gasteiger partial charge in [0.15, 0.2) is 0 Å². The van der Waals surface area contributed by atoms with Crippen LogP contribution in [-0.4, -0.2) is 4.98 Å². The maximum Gasteiger partial charge on any atom is 0.0772 e. The highest BCUT2D eigenvalue weighted by molar-refractivity contribution is 7.99. The molecule has 66 valence electrons. The molecule has 0 aliphatic heterocycles. The quantitative estimate of drug-likeness (QED) is 0.764. The zero-order valence-corrected chi connectivity index (χ0v) is 8.27. The molecule has 0 amide bonds. The van der Waals surface area contributed by atoms with Crippen molar-refractivity contribution in [2.45, 2.75) is 16.8 Å². The number of rotatable bonds is 2. The lowest BCUT2D eigenvalue weighted by atomic mass is 10.4. The van der Waals surface area contributed by atoms with Crippen LogP contribution in [0.3, 0.4) is 0 Å². The van der Waals surface area contributed by atoms with Crippen LogP contribution in [-0.2, 0) is 0 Å². The van der Waals surface area contributed by atoms with Crippen molar-refractivity contribution in [2.75, 3.05) is 0 Å². The Kier molecular flexibility index (Phi) is 2.41. The molecular weight excluding hydrogens is 178 g/mol. The number of aromatic amines is 1. The van der Waals surface area contributed by atoms with Gasteiger partial charge in [-0.15, -0.1) is 0 Å². The first kappa shape index (κ1) is 8.45. The Morgan fingerprint density at radius 1 is 1.00 bits per heavy atom. The summed E-state index contributed by atoms with van der Waals surface area (Å²) in [6, 6.07) is 14.6. The van der Waals surface area contributed by atoms with Crippen LogP contribution in [0.25, 0.3) is 0 Å². The summed E-state index contributed by atoms with van der Waals surface area (Å²) >= 11 is 1.75. The van der Waals surface area contributed by atoms with Crippen molar-refractivity contribution in [1.29, 1.82) is 0 Å². The molecule has 2 aromatic rings. The van der Waals surface area contributed by atoms with Crippen LogP contribution >= 0.6 is 11.8 Å². The summed E-state index contributed by atoms with van der Waals surface area (Å²) in [6.45, 7) is 2.06. The summed E-state index contributed by atoms with van der Waals surface area (Å²) in [5, 5.41) is 1.20. The van der Waals surface area contributed by atoms with E-state index in [0.29, 0.717) is 0 Å². The van der Waals surface area contributed by atoms with E-state index in [1.807, 2.05) is 6.07 Å². The molecule has 0 saturated heterocycles. The highest BCUT2D eigenvalue weighted by atomic mass is 32.2. The fraction of sp³-hybridized carbons (Fsp3) is 0.0909. The Bertz CT molecular complexity index is 378. The van der Waals surface area contributed by atoms with Gasteiger partial charge in [-0.2, -0.15) is 0 Å². The van der Waals surface area contributed by atoms with Crippen LogP contribution in [0.15, 0.2) is 52.4 Å². The number of aromatic nitrogens is 1. The third-order valence-corrected chi connectivity index (χ3v) is 2.74. The minimum atomic E-state index is 1.20. The normalized spacial score (nSPS) is 10.2. The number of aryl methyl sites for hydroxylation is 1. The molecule has 0 saturated carbocycles. The van der Waals surface area contributed by atoms with Gasteiger partial charge in [0.1, 0.15) is 0 Å². The Labute approximate surface area is 82.2 Å². The second-order valence-electron chi connectivity index (χ2n) is 2.92. The van der Waals surface area contributed by atoms with Crippen LogP contribution in [0.2, 0.25) is 0 Å². The summed E-state index contributed by atoms with van der Waals surface area (Å²) in [5.41, 5.74) is 1.21. The molecule has 13 heavy (non-hydrogen) atoms. The summed E-state index contributed by atoms with van der Waals surface area (Å²) in [6.07, 6.45) is 0. The van der Waals surface area contributed by atoms with Crippen molar-refractivity contribution in [1.82, 2.24) is 4.98 Å². The van der Waals surface area contributed by atoms with Crippen molar-refractivity contribution in [3.63, 3.8) is 0 Å². The van der Waals surface area contributed by atoms with Crippen molar-refractivity contribution >= 4 is 11.8 Å². The van der Waals surface area contributed by atoms with E-state index in [9.17, 15) is 0 Å². The van der Waals surface area contributed by atoms with Gasteiger partial charge in [0.2, 0.25) is 0 Å². The molecule has 2 rings (SSSR count). The first-order chi connectivity index (χ1) is 6.34. The monoisotopic (exact) mass is 189 g/mol. The van der Waals surface area contributed by atoms with Gasteiger partial charge >= 0.3 is 0 Å². The largest absolute Gasteiger partial charge is 0.354 e. The summed E-state index contributed by atoms with van der Waals surface area (Å²) in [4.78, 5) is 4.56. The van der Waals surface area contributed by atoms with Crippen molar-refractivity contribution < 1.29 is 0 Å². The first-order valence-electron chi connectivity index (χ1n) is 4.23. The molecule has 0 bridgehead atoms. The minimum Gasteiger partial charge on any atom is -0.354 e. The molecule has 0 unspecified atom stereocenters. The lowest BCUT2D eigenvalue weighted by molar-refractivity contribution is 1.13. The SMILES string of the molecule is Cc1ccc(Sc2ccccc2)[nH]1. The van der Waals surface area contributed by atoms with Gasteiger partial charge in [-0.3, -0.25) is 0 Å². The maximum absolute atomic E-state index is 3.29. The predicted molar refractivity (Wildman–Crippen MR) is 56.1 cm³/mol. The molecular formula is C11H11NS. The summed E-state index contributed by atoms with van der Waals surface area (Å²) in [5.74, 6) is 0. The minimum absolute atomic E-state index is 1.20. The zero-order chi connectivity index (χ0) is 9.10. The van der Waals surface area contributed by atoms with Gasteiger partial charge in [-0.1, -0.05) is 30.0 Å². The number of benzene rings is 1. The summed E-state index contributed by atoms with van der Waals surface area (Å²) in [7, 11) is 0. The number of nitrogens with one attached hydrogen (secondary N) is 1.